The lowest BCUT2D eigenvalue weighted by Crippen LogP contribution is -2.22. The van der Waals surface area contributed by atoms with Crippen molar-refractivity contribution in [3.63, 3.8) is 0 Å². The van der Waals surface area contributed by atoms with E-state index in [0.717, 1.165) is 12.2 Å². The second-order valence-corrected chi connectivity index (χ2v) is 5.35. The first kappa shape index (κ1) is 12.3. The Balaban J connectivity index is 2.35. The predicted octanol–water partition coefficient (Wildman–Crippen LogP) is 3.46. The van der Waals surface area contributed by atoms with Crippen molar-refractivity contribution in [1.29, 1.82) is 0 Å². The number of nitrogens with one attached hydrogen (secondary N) is 1. The van der Waals surface area contributed by atoms with E-state index in [1.807, 2.05) is 12.3 Å². The van der Waals surface area contributed by atoms with Crippen molar-refractivity contribution in [3.8, 4) is 0 Å². The SMILES string of the molecule is CCNC(c1csc(C)c1)c1cc(C)ccn1. The van der Waals surface area contributed by atoms with Crippen LogP contribution in [-0.4, -0.2) is 11.5 Å². The molecule has 0 aliphatic carbocycles. The zero-order valence-electron chi connectivity index (χ0n) is 10.5. The second kappa shape index (κ2) is 5.43. The van der Waals surface area contributed by atoms with Crippen LogP contribution in [0, 0.1) is 13.8 Å². The first-order valence-corrected chi connectivity index (χ1v) is 6.79. The fraction of sp³-hybridized carbons (Fsp3) is 0.357. The van der Waals surface area contributed by atoms with Crippen molar-refractivity contribution in [2.75, 3.05) is 6.54 Å². The molecule has 0 aliphatic heterocycles. The fourth-order valence-electron chi connectivity index (χ4n) is 1.93. The highest BCUT2D eigenvalue weighted by molar-refractivity contribution is 7.10. The molecule has 2 rings (SSSR count). The molecule has 0 saturated carbocycles. The summed E-state index contributed by atoms with van der Waals surface area (Å²) in [5, 5.41) is 5.71. The van der Waals surface area contributed by atoms with E-state index in [9.17, 15) is 0 Å². The van der Waals surface area contributed by atoms with Gasteiger partial charge in [-0.3, -0.25) is 4.98 Å². The van der Waals surface area contributed by atoms with Crippen LogP contribution in [0.15, 0.2) is 29.8 Å². The quantitative estimate of drug-likeness (QED) is 0.893. The van der Waals surface area contributed by atoms with Crippen LogP contribution >= 0.6 is 11.3 Å². The van der Waals surface area contributed by atoms with Gasteiger partial charge >= 0.3 is 0 Å². The lowest BCUT2D eigenvalue weighted by molar-refractivity contribution is 0.616. The lowest BCUT2D eigenvalue weighted by Gasteiger charge is -2.16. The standard InChI is InChI=1S/C14H18N2S/c1-4-15-14(12-8-11(3)17-9-12)13-7-10(2)5-6-16-13/h5-9,14-15H,4H2,1-3H3. The van der Waals surface area contributed by atoms with Gasteiger partial charge in [0.05, 0.1) is 11.7 Å². The van der Waals surface area contributed by atoms with Crippen molar-refractivity contribution in [2.45, 2.75) is 26.8 Å². The van der Waals surface area contributed by atoms with E-state index in [1.165, 1.54) is 16.0 Å². The summed E-state index contributed by atoms with van der Waals surface area (Å²) in [6.45, 7) is 7.31. The monoisotopic (exact) mass is 246 g/mol. The van der Waals surface area contributed by atoms with E-state index in [0.29, 0.717) is 0 Å². The van der Waals surface area contributed by atoms with Gasteiger partial charge in [0.2, 0.25) is 0 Å². The summed E-state index contributed by atoms with van der Waals surface area (Å²) in [5.41, 5.74) is 3.67. The molecule has 2 aromatic heterocycles. The molecule has 0 spiro atoms. The predicted molar refractivity (Wildman–Crippen MR) is 73.5 cm³/mol. The lowest BCUT2D eigenvalue weighted by atomic mass is 10.0. The smallest absolute Gasteiger partial charge is 0.0759 e. The van der Waals surface area contributed by atoms with Gasteiger partial charge in [-0.05, 0) is 55.1 Å². The van der Waals surface area contributed by atoms with Crippen molar-refractivity contribution in [1.82, 2.24) is 10.3 Å². The van der Waals surface area contributed by atoms with Crippen LogP contribution in [-0.2, 0) is 0 Å². The number of nitrogens with zero attached hydrogens (tertiary/aromatic N) is 1. The third kappa shape index (κ3) is 2.93. The molecule has 1 N–H and O–H groups in total. The molecule has 2 nitrogen and oxygen atoms in total. The molecule has 17 heavy (non-hydrogen) atoms. The molecule has 90 valence electrons. The Bertz CT molecular complexity index is 490. The molecule has 0 radical (unpaired) electrons. The normalized spacial score (nSPS) is 12.6. The molecule has 2 aromatic rings. The fourth-order valence-corrected chi connectivity index (χ4v) is 2.66. The van der Waals surface area contributed by atoms with Crippen LogP contribution in [0.25, 0.3) is 0 Å². The van der Waals surface area contributed by atoms with Crippen LogP contribution < -0.4 is 5.32 Å². The number of hydrogen-bond donors (Lipinski definition) is 1. The maximum absolute atomic E-state index is 4.49. The van der Waals surface area contributed by atoms with Gasteiger partial charge in [-0.2, -0.15) is 0 Å². The summed E-state index contributed by atoms with van der Waals surface area (Å²) in [4.78, 5) is 5.83. The Morgan fingerprint density at radius 2 is 2.18 bits per heavy atom. The molecule has 0 aliphatic rings. The van der Waals surface area contributed by atoms with Gasteiger partial charge in [0, 0.05) is 11.1 Å². The number of rotatable bonds is 4. The highest BCUT2D eigenvalue weighted by Gasteiger charge is 2.15. The highest BCUT2D eigenvalue weighted by atomic mass is 32.1. The number of thiophene rings is 1. The van der Waals surface area contributed by atoms with Gasteiger partial charge in [-0.25, -0.2) is 0 Å². The summed E-state index contributed by atoms with van der Waals surface area (Å²) in [7, 11) is 0. The van der Waals surface area contributed by atoms with E-state index in [1.54, 1.807) is 11.3 Å². The van der Waals surface area contributed by atoms with E-state index < -0.39 is 0 Å². The summed E-state index contributed by atoms with van der Waals surface area (Å²) in [6.07, 6.45) is 1.88. The Hall–Kier alpha value is -1.19. The van der Waals surface area contributed by atoms with E-state index >= 15 is 0 Å². The zero-order valence-corrected chi connectivity index (χ0v) is 11.3. The van der Waals surface area contributed by atoms with Crippen molar-refractivity contribution < 1.29 is 0 Å². The summed E-state index contributed by atoms with van der Waals surface area (Å²) in [5.74, 6) is 0. The first-order valence-electron chi connectivity index (χ1n) is 5.91. The molecule has 2 heterocycles. The van der Waals surface area contributed by atoms with Crippen LogP contribution in [0.3, 0.4) is 0 Å². The van der Waals surface area contributed by atoms with Gasteiger partial charge in [0.15, 0.2) is 0 Å². The van der Waals surface area contributed by atoms with E-state index in [4.69, 9.17) is 0 Å². The van der Waals surface area contributed by atoms with Gasteiger partial charge < -0.3 is 5.32 Å². The van der Waals surface area contributed by atoms with Crippen molar-refractivity contribution >= 4 is 11.3 Å². The van der Waals surface area contributed by atoms with E-state index in [2.05, 4.69) is 48.6 Å². The molecular formula is C14H18N2S. The number of aryl methyl sites for hydroxylation is 2. The molecular weight excluding hydrogens is 228 g/mol. The average Bonchev–Trinajstić information content (AvgIpc) is 2.72. The van der Waals surface area contributed by atoms with Crippen molar-refractivity contribution in [3.05, 3.63) is 51.5 Å². The summed E-state index contributed by atoms with van der Waals surface area (Å²) < 4.78 is 0. The largest absolute Gasteiger partial charge is 0.305 e. The summed E-state index contributed by atoms with van der Waals surface area (Å²) in [6, 6.07) is 6.64. The Morgan fingerprint density at radius 3 is 2.76 bits per heavy atom. The molecule has 1 atom stereocenters. The molecule has 0 saturated heterocycles. The Kier molecular flexibility index (Phi) is 3.92. The average molecular weight is 246 g/mol. The third-order valence-corrected chi connectivity index (χ3v) is 3.60. The van der Waals surface area contributed by atoms with Gasteiger partial charge in [0.25, 0.3) is 0 Å². The molecule has 1 unspecified atom stereocenters. The van der Waals surface area contributed by atoms with E-state index in [-0.39, 0.29) is 6.04 Å². The third-order valence-electron chi connectivity index (χ3n) is 2.72. The first-order chi connectivity index (χ1) is 8.20. The van der Waals surface area contributed by atoms with Crippen molar-refractivity contribution in [2.24, 2.45) is 0 Å². The minimum Gasteiger partial charge on any atom is -0.305 e. The second-order valence-electron chi connectivity index (χ2n) is 4.24. The van der Waals surface area contributed by atoms with Crippen LogP contribution in [0.5, 0.6) is 0 Å². The van der Waals surface area contributed by atoms with Crippen LogP contribution in [0.1, 0.15) is 34.7 Å². The maximum atomic E-state index is 4.49. The molecule has 0 aromatic carbocycles. The number of hydrogen-bond acceptors (Lipinski definition) is 3. The zero-order chi connectivity index (χ0) is 12.3. The molecule has 0 fully saturated rings. The molecule has 3 heteroatoms. The minimum absolute atomic E-state index is 0.213. The minimum atomic E-state index is 0.213. The van der Waals surface area contributed by atoms with Gasteiger partial charge in [-0.1, -0.05) is 6.92 Å². The summed E-state index contributed by atoms with van der Waals surface area (Å²) >= 11 is 1.79. The van der Waals surface area contributed by atoms with Crippen LogP contribution in [0.4, 0.5) is 0 Å². The topological polar surface area (TPSA) is 24.9 Å². The van der Waals surface area contributed by atoms with Crippen LogP contribution in [0.2, 0.25) is 0 Å². The number of pyridine rings is 1. The molecule has 0 amide bonds. The Morgan fingerprint density at radius 1 is 1.35 bits per heavy atom. The van der Waals surface area contributed by atoms with Gasteiger partial charge in [-0.15, -0.1) is 11.3 Å². The Labute approximate surface area is 107 Å². The number of aromatic nitrogens is 1. The maximum Gasteiger partial charge on any atom is 0.0759 e. The van der Waals surface area contributed by atoms with Gasteiger partial charge in [0.1, 0.15) is 0 Å². The highest BCUT2D eigenvalue weighted by Crippen LogP contribution is 2.25. The molecule has 0 bridgehead atoms.